The van der Waals surface area contributed by atoms with Gasteiger partial charge in [-0.25, -0.2) is 4.79 Å². The van der Waals surface area contributed by atoms with Gasteiger partial charge in [-0.05, 0) is 17.7 Å². The number of hydrogen-bond acceptors (Lipinski definition) is 4. The van der Waals surface area contributed by atoms with E-state index in [9.17, 15) is 18.0 Å². The highest BCUT2D eigenvalue weighted by Crippen LogP contribution is 2.33. The standard InChI is InChI=1S/C13H16F3NO3/c1-19-6-5-17-8-9-3-4-10(12(18)20-2)11(7-9)13(14,15)16/h3-4,7,17H,5-6,8H2,1-2H3. The molecule has 0 fully saturated rings. The van der Waals surface area contributed by atoms with Gasteiger partial charge in [0.15, 0.2) is 0 Å². The van der Waals surface area contributed by atoms with Crippen LogP contribution in [0.5, 0.6) is 0 Å². The molecule has 1 N–H and O–H groups in total. The number of benzene rings is 1. The van der Waals surface area contributed by atoms with Crippen molar-refractivity contribution in [2.75, 3.05) is 27.4 Å². The summed E-state index contributed by atoms with van der Waals surface area (Å²) in [6.45, 7) is 1.25. The van der Waals surface area contributed by atoms with Gasteiger partial charge in [0.05, 0.1) is 24.8 Å². The minimum absolute atomic E-state index is 0.258. The van der Waals surface area contributed by atoms with Crippen LogP contribution in [0, 0.1) is 0 Å². The molecule has 4 nitrogen and oxygen atoms in total. The SMILES string of the molecule is COCCNCc1ccc(C(=O)OC)c(C(F)(F)F)c1. The molecule has 7 heteroatoms. The maximum atomic E-state index is 12.9. The van der Waals surface area contributed by atoms with E-state index in [-0.39, 0.29) is 6.54 Å². The summed E-state index contributed by atoms with van der Waals surface area (Å²) in [7, 11) is 2.58. The molecule has 0 radical (unpaired) electrons. The number of nitrogens with one attached hydrogen (secondary N) is 1. The van der Waals surface area contributed by atoms with E-state index in [2.05, 4.69) is 10.1 Å². The van der Waals surface area contributed by atoms with Gasteiger partial charge < -0.3 is 14.8 Å². The number of hydrogen-bond donors (Lipinski definition) is 1. The Kier molecular flexibility index (Phi) is 5.97. The summed E-state index contributed by atoms with van der Waals surface area (Å²) in [4.78, 5) is 11.3. The average molecular weight is 291 g/mol. The van der Waals surface area contributed by atoms with Crippen molar-refractivity contribution in [3.63, 3.8) is 0 Å². The zero-order valence-corrected chi connectivity index (χ0v) is 11.2. The van der Waals surface area contributed by atoms with Crippen LogP contribution in [-0.4, -0.2) is 33.3 Å². The monoisotopic (exact) mass is 291 g/mol. The fourth-order valence-corrected chi connectivity index (χ4v) is 1.63. The van der Waals surface area contributed by atoms with Gasteiger partial charge in [0.25, 0.3) is 0 Å². The lowest BCUT2D eigenvalue weighted by Crippen LogP contribution is -2.20. The Labute approximate surface area is 114 Å². The molecule has 0 aromatic heterocycles. The number of carbonyl (C=O) groups excluding carboxylic acids is 1. The summed E-state index contributed by atoms with van der Waals surface area (Å²) in [6, 6.07) is 3.54. The van der Waals surface area contributed by atoms with Crippen LogP contribution in [0.15, 0.2) is 18.2 Å². The highest BCUT2D eigenvalue weighted by Gasteiger charge is 2.35. The topological polar surface area (TPSA) is 47.6 Å². The third-order valence-corrected chi connectivity index (χ3v) is 2.61. The molecule has 0 unspecified atom stereocenters. The van der Waals surface area contributed by atoms with Gasteiger partial charge in [-0.3, -0.25) is 0 Å². The summed E-state index contributed by atoms with van der Waals surface area (Å²) in [6.07, 6.45) is -4.61. The molecule has 0 atom stereocenters. The van der Waals surface area contributed by atoms with Crippen molar-refractivity contribution in [1.29, 1.82) is 0 Å². The second kappa shape index (κ2) is 7.25. The van der Waals surface area contributed by atoms with Crippen molar-refractivity contribution < 1.29 is 27.4 Å². The molecule has 0 aliphatic heterocycles. The van der Waals surface area contributed by atoms with Crippen LogP contribution in [0.2, 0.25) is 0 Å². The van der Waals surface area contributed by atoms with Crippen LogP contribution in [0.1, 0.15) is 21.5 Å². The summed E-state index contributed by atoms with van der Waals surface area (Å²) in [5.41, 5.74) is -1.04. The van der Waals surface area contributed by atoms with Gasteiger partial charge in [0.2, 0.25) is 0 Å². The Hall–Kier alpha value is -1.60. The molecule has 0 aliphatic rings. The highest BCUT2D eigenvalue weighted by molar-refractivity contribution is 5.91. The lowest BCUT2D eigenvalue weighted by Gasteiger charge is -2.13. The number of carbonyl (C=O) groups is 1. The Bertz CT molecular complexity index is 461. The fraction of sp³-hybridized carbons (Fsp3) is 0.462. The summed E-state index contributed by atoms with van der Waals surface area (Å²) in [5, 5.41) is 2.94. The Morgan fingerprint density at radius 2 is 2.00 bits per heavy atom. The largest absolute Gasteiger partial charge is 0.465 e. The fourth-order valence-electron chi connectivity index (χ4n) is 1.63. The number of methoxy groups -OCH3 is 2. The number of halogens is 3. The number of alkyl halides is 3. The number of rotatable bonds is 6. The van der Waals surface area contributed by atoms with E-state index >= 15 is 0 Å². The third kappa shape index (κ3) is 4.50. The van der Waals surface area contributed by atoms with E-state index in [1.165, 1.54) is 13.2 Å². The number of esters is 1. The normalized spacial score (nSPS) is 11.4. The lowest BCUT2D eigenvalue weighted by atomic mass is 10.0. The second-order valence-corrected chi connectivity index (χ2v) is 4.04. The van der Waals surface area contributed by atoms with Crippen LogP contribution in [0.25, 0.3) is 0 Å². The van der Waals surface area contributed by atoms with Crippen molar-refractivity contribution in [1.82, 2.24) is 5.32 Å². The predicted octanol–water partition coefficient (Wildman–Crippen LogP) is 2.23. The van der Waals surface area contributed by atoms with Crippen molar-refractivity contribution in [2.24, 2.45) is 0 Å². The van der Waals surface area contributed by atoms with Crippen LogP contribution < -0.4 is 5.32 Å². The van der Waals surface area contributed by atoms with Crippen molar-refractivity contribution in [3.05, 3.63) is 34.9 Å². The van der Waals surface area contributed by atoms with E-state index in [0.717, 1.165) is 19.2 Å². The van der Waals surface area contributed by atoms with Crippen LogP contribution >= 0.6 is 0 Å². The van der Waals surface area contributed by atoms with Crippen LogP contribution in [0.4, 0.5) is 13.2 Å². The predicted molar refractivity (Wildman–Crippen MR) is 66.4 cm³/mol. The molecule has 0 bridgehead atoms. The Morgan fingerprint density at radius 1 is 1.30 bits per heavy atom. The molecule has 0 heterocycles. The van der Waals surface area contributed by atoms with E-state index in [1.807, 2.05) is 0 Å². The Balaban J connectivity index is 2.94. The first kappa shape index (κ1) is 16.5. The molecule has 0 spiro atoms. The molecule has 0 saturated carbocycles. The molecular formula is C13H16F3NO3. The highest BCUT2D eigenvalue weighted by atomic mass is 19.4. The molecule has 0 saturated heterocycles. The van der Waals surface area contributed by atoms with Crippen molar-refractivity contribution in [3.8, 4) is 0 Å². The van der Waals surface area contributed by atoms with Gasteiger partial charge in [-0.2, -0.15) is 13.2 Å². The smallest absolute Gasteiger partial charge is 0.417 e. The van der Waals surface area contributed by atoms with Gasteiger partial charge in [0, 0.05) is 20.2 Å². The molecule has 1 rings (SSSR count). The molecule has 0 amide bonds. The zero-order chi connectivity index (χ0) is 15.2. The van der Waals surface area contributed by atoms with Crippen molar-refractivity contribution >= 4 is 5.97 Å². The average Bonchev–Trinajstić information content (AvgIpc) is 2.41. The maximum absolute atomic E-state index is 12.9. The van der Waals surface area contributed by atoms with E-state index in [0.29, 0.717) is 18.7 Å². The first-order valence-corrected chi connectivity index (χ1v) is 5.88. The van der Waals surface area contributed by atoms with Crippen LogP contribution in [-0.2, 0) is 22.2 Å². The van der Waals surface area contributed by atoms with Gasteiger partial charge >= 0.3 is 12.1 Å². The molecule has 112 valence electrons. The number of ether oxygens (including phenoxy) is 2. The second-order valence-electron chi connectivity index (χ2n) is 4.04. The van der Waals surface area contributed by atoms with Gasteiger partial charge in [0.1, 0.15) is 0 Å². The van der Waals surface area contributed by atoms with Gasteiger partial charge in [-0.1, -0.05) is 6.07 Å². The zero-order valence-electron chi connectivity index (χ0n) is 11.2. The van der Waals surface area contributed by atoms with E-state index in [1.54, 1.807) is 0 Å². The van der Waals surface area contributed by atoms with E-state index in [4.69, 9.17) is 4.74 Å². The minimum Gasteiger partial charge on any atom is -0.465 e. The lowest BCUT2D eigenvalue weighted by molar-refractivity contribution is -0.138. The molecular weight excluding hydrogens is 275 g/mol. The molecule has 20 heavy (non-hydrogen) atoms. The first-order valence-electron chi connectivity index (χ1n) is 5.88. The Morgan fingerprint density at radius 3 is 2.55 bits per heavy atom. The third-order valence-electron chi connectivity index (χ3n) is 2.61. The summed E-state index contributed by atoms with van der Waals surface area (Å²) < 4.78 is 47.9. The van der Waals surface area contributed by atoms with Crippen LogP contribution in [0.3, 0.4) is 0 Å². The summed E-state index contributed by atoms with van der Waals surface area (Å²) >= 11 is 0. The summed E-state index contributed by atoms with van der Waals surface area (Å²) in [5.74, 6) is -1.00. The molecule has 0 aliphatic carbocycles. The maximum Gasteiger partial charge on any atom is 0.417 e. The quantitative estimate of drug-likeness (QED) is 0.645. The first-order chi connectivity index (χ1) is 9.40. The van der Waals surface area contributed by atoms with Crippen molar-refractivity contribution in [2.45, 2.75) is 12.7 Å². The molecule has 1 aromatic carbocycles. The van der Waals surface area contributed by atoms with Gasteiger partial charge in [-0.15, -0.1) is 0 Å². The minimum atomic E-state index is -4.61. The molecule has 1 aromatic rings. The van der Waals surface area contributed by atoms with E-state index < -0.39 is 23.3 Å².